The van der Waals surface area contributed by atoms with Crippen LogP contribution in [0.15, 0.2) is 24.3 Å². The third-order valence-electron chi connectivity index (χ3n) is 4.84. The van der Waals surface area contributed by atoms with Crippen LogP contribution in [0.25, 0.3) is 0 Å². The van der Waals surface area contributed by atoms with Crippen molar-refractivity contribution in [1.82, 2.24) is 9.21 Å². The lowest BCUT2D eigenvalue weighted by atomic mass is 9.95. The van der Waals surface area contributed by atoms with E-state index in [0.717, 1.165) is 5.56 Å². The van der Waals surface area contributed by atoms with Crippen LogP contribution in [0.5, 0.6) is 0 Å². The number of hydrogen-bond donors (Lipinski definition) is 0. The molecule has 7 heteroatoms. The monoisotopic (exact) mass is 356 g/mol. The number of benzene rings is 1. The van der Waals surface area contributed by atoms with Crippen molar-refractivity contribution < 1.29 is 17.6 Å². The quantitative estimate of drug-likeness (QED) is 0.814. The summed E-state index contributed by atoms with van der Waals surface area (Å²) in [6.45, 7) is 4.32. The number of sulfonamides is 1. The molecule has 1 aromatic rings. The third-order valence-corrected chi connectivity index (χ3v) is 6.72. The zero-order valence-corrected chi connectivity index (χ0v) is 15.2. The van der Waals surface area contributed by atoms with Crippen molar-refractivity contribution in [2.75, 3.05) is 25.9 Å². The van der Waals surface area contributed by atoms with E-state index in [9.17, 15) is 17.6 Å². The molecule has 24 heavy (non-hydrogen) atoms. The summed E-state index contributed by atoms with van der Waals surface area (Å²) < 4.78 is 38.3. The zero-order chi connectivity index (χ0) is 17.9. The van der Waals surface area contributed by atoms with Crippen molar-refractivity contribution >= 4 is 15.9 Å². The van der Waals surface area contributed by atoms with Gasteiger partial charge in [0, 0.05) is 26.1 Å². The fourth-order valence-electron chi connectivity index (χ4n) is 3.01. The van der Waals surface area contributed by atoms with Crippen molar-refractivity contribution in [2.45, 2.75) is 32.7 Å². The second-order valence-electron chi connectivity index (χ2n) is 6.25. The maximum absolute atomic E-state index is 13.0. The van der Waals surface area contributed by atoms with Gasteiger partial charge in [-0.05, 0) is 44.4 Å². The van der Waals surface area contributed by atoms with E-state index in [2.05, 4.69) is 0 Å². The fraction of sp³-hybridized carbons (Fsp3) is 0.588. The predicted octanol–water partition coefficient (Wildman–Crippen LogP) is 2.41. The molecule has 1 aromatic carbocycles. The summed E-state index contributed by atoms with van der Waals surface area (Å²) in [4.78, 5) is 14.4. The van der Waals surface area contributed by atoms with E-state index in [4.69, 9.17) is 0 Å². The Morgan fingerprint density at radius 3 is 2.33 bits per heavy atom. The van der Waals surface area contributed by atoms with Gasteiger partial charge in [-0.25, -0.2) is 17.1 Å². The molecule has 2 rings (SSSR count). The van der Waals surface area contributed by atoms with Gasteiger partial charge in [0.1, 0.15) is 5.82 Å². The van der Waals surface area contributed by atoms with E-state index < -0.39 is 10.0 Å². The first kappa shape index (κ1) is 18.9. The topological polar surface area (TPSA) is 57.7 Å². The number of carbonyl (C=O) groups excluding carboxylic acids is 1. The molecule has 134 valence electrons. The van der Waals surface area contributed by atoms with E-state index in [1.807, 2.05) is 6.92 Å². The lowest BCUT2D eigenvalue weighted by Crippen LogP contribution is -2.44. The Morgan fingerprint density at radius 1 is 1.29 bits per heavy atom. The van der Waals surface area contributed by atoms with Crippen molar-refractivity contribution in [3.8, 4) is 0 Å². The number of hydrogen-bond acceptors (Lipinski definition) is 3. The standard InChI is InChI=1S/C17H25FN2O3S/c1-4-24(22,23)20-11-9-15(10-12-20)17(21)19(3)13(2)14-5-7-16(18)8-6-14/h5-8,13,15H,4,9-12H2,1-3H3. The molecular formula is C17H25FN2O3S. The third kappa shape index (κ3) is 4.13. The smallest absolute Gasteiger partial charge is 0.226 e. The Labute approximate surface area is 143 Å². The molecule has 0 spiro atoms. The predicted molar refractivity (Wildman–Crippen MR) is 91.3 cm³/mol. The molecule has 1 fully saturated rings. The number of piperidine rings is 1. The minimum Gasteiger partial charge on any atom is -0.339 e. The summed E-state index contributed by atoms with van der Waals surface area (Å²) >= 11 is 0. The van der Waals surface area contributed by atoms with Crippen molar-refractivity contribution in [2.24, 2.45) is 5.92 Å². The van der Waals surface area contributed by atoms with Crippen molar-refractivity contribution in [1.29, 1.82) is 0 Å². The van der Waals surface area contributed by atoms with Gasteiger partial charge >= 0.3 is 0 Å². The highest BCUT2D eigenvalue weighted by atomic mass is 32.2. The first-order chi connectivity index (χ1) is 11.3. The van der Waals surface area contributed by atoms with Crippen molar-refractivity contribution in [3.05, 3.63) is 35.6 Å². The summed E-state index contributed by atoms with van der Waals surface area (Å²) in [5.74, 6) is -0.362. The molecule has 1 aliphatic rings. The number of rotatable bonds is 5. The van der Waals surface area contributed by atoms with Gasteiger partial charge in [0.15, 0.2) is 0 Å². The number of amides is 1. The Bertz CT molecular complexity index is 668. The van der Waals surface area contributed by atoms with Gasteiger partial charge in [0.2, 0.25) is 15.9 Å². The maximum Gasteiger partial charge on any atom is 0.226 e. The van der Waals surface area contributed by atoms with Crippen LogP contribution in [0.3, 0.4) is 0 Å². The Kier molecular flexibility index (Phi) is 5.98. The minimum absolute atomic E-state index is 0.0142. The van der Waals surface area contributed by atoms with E-state index >= 15 is 0 Å². The maximum atomic E-state index is 13.0. The first-order valence-corrected chi connectivity index (χ1v) is 9.87. The normalized spacial score (nSPS) is 18.3. The van der Waals surface area contributed by atoms with Crippen LogP contribution in [0.1, 0.15) is 38.3 Å². The largest absolute Gasteiger partial charge is 0.339 e. The molecule has 0 radical (unpaired) electrons. The Balaban J connectivity index is 1.98. The van der Waals surface area contributed by atoms with Crippen LogP contribution in [-0.4, -0.2) is 49.4 Å². The summed E-state index contributed by atoms with van der Waals surface area (Å²) in [7, 11) is -1.44. The Hall–Kier alpha value is -1.47. The molecule has 1 saturated heterocycles. The highest BCUT2D eigenvalue weighted by molar-refractivity contribution is 7.89. The molecule has 1 aliphatic heterocycles. The second kappa shape index (κ2) is 7.61. The van der Waals surface area contributed by atoms with Crippen LogP contribution in [0, 0.1) is 11.7 Å². The van der Waals surface area contributed by atoms with Crippen LogP contribution in [0.4, 0.5) is 4.39 Å². The first-order valence-electron chi connectivity index (χ1n) is 8.26. The summed E-state index contributed by atoms with van der Waals surface area (Å²) in [5.41, 5.74) is 0.873. The molecule has 1 amide bonds. The number of halogens is 1. The lowest BCUT2D eigenvalue weighted by Gasteiger charge is -2.34. The van der Waals surface area contributed by atoms with E-state index in [0.29, 0.717) is 25.9 Å². The van der Waals surface area contributed by atoms with Gasteiger partial charge in [0.05, 0.1) is 11.8 Å². The van der Waals surface area contributed by atoms with Gasteiger partial charge in [-0.2, -0.15) is 0 Å². The molecule has 0 saturated carbocycles. The second-order valence-corrected chi connectivity index (χ2v) is 8.51. The molecular weight excluding hydrogens is 331 g/mol. The van der Waals surface area contributed by atoms with Gasteiger partial charge in [-0.3, -0.25) is 4.79 Å². The molecule has 0 aliphatic carbocycles. The molecule has 5 nitrogen and oxygen atoms in total. The van der Waals surface area contributed by atoms with Crippen molar-refractivity contribution in [3.63, 3.8) is 0 Å². The van der Waals surface area contributed by atoms with E-state index in [1.165, 1.54) is 16.4 Å². The van der Waals surface area contributed by atoms with Crippen LogP contribution in [-0.2, 0) is 14.8 Å². The van der Waals surface area contributed by atoms with Crippen LogP contribution < -0.4 is 0 Å². The molecule has 1 unspecified atom stereocenters. The summed E-state index contributed by atoms with van der Waals surface area (Å²) in [5, 5.41) is 0. The minimum atomic E-state index is -3.18. The van der Waals surface area contributed by atoms with Crippen LogP contribution in [0.2, 0.25) is 0 Å². The van der Waals surface area contributed by atoms with Gasteiger partial charge in [-0.15, -0.1) is 0 Å². The van der Waals surface area contributed by atoms with Gasteiger partial charge in [0.25, 0.3) is 0 Å². The average molecular weight is 356 g/mol. The average Bonchev–Trinajstić information content (AvgIpc) is 2.60. The molecule has 0 N–H and O–H groups in total. The molecule has 0 bridgehead atoms. The zero-order valence-electron chi connectivity index (χ0n) is 14.4. The SMILES string of the molecule is CCS(=O)(=O)N1CCC(C(=O)N(C)C(C)c2ccc(F)cc2)CC1. The number of carbonyl (C=O) groups is 1. The van der Waals surface area contributed by atoms with Gasteiger partial charge < -0.3 is 4.90 Å². The van der Waals surface area contributed by atoms with Crippen LogP contribution >= 0.6 is 0 Å². The summed E-state index contributed by atoms with van der Waals surface area (Å²) in [6, 6.07) is 5.98. The lowest BCUT2D eigenvalue weighted by molar-refractivity contribution is -0.137. The molecule has 0 aromatic heterocycles. The van der Waals surface area contributed by atoms with Gasteiger partial charge in [-0.1, -0.05) is 12.1 Å². The summed E-state index contributed by atoms with van der Waals surface area (Å²) in [6.07, 6.45) is 1.08. The number of nitrogens with zero attached hydrogens (tertiary/aromatic N) is 2. The van der Waals surface area contributed by atoms with E-state index in [-0.39, 0.29) is 29.4 Å². The molecule has 1 heterocycles. The highest BCUT2D eigenvalue weighted by Gasteiger charge is 2.32. The fourth-order valence-corrected chi connectivity index (χ4v) is 4.14. The molecule has 1 atom stereocenters. The highest BCUT2D eigenvalue weighted by Crippen LogP contribution is 2.26. The Morgan fingerprint density at radius 2 is 1.83 bits per heavy atom. The van der Waals surface area contributed by atoms with E-state index in [1.54, 1.807) is 31.0 Å².